The molecule has 0 amide bonds. The highest BCUT2D eigenvalue weighted by molar-refractivity contribution is 5.34. The van der Waals surface area contributed by atoms with Crippen molar-refractivity contribution in [1.82, 2.24) is 9.55 Å². The third-order valence-corrected chi connectivity index (χ3v) is 1.87. The molecule has 15 heavy (non-hydrogen) atoms. The monoisotopic (exact) mass is 208 g/mol. The van der Waals surface area contributed by atoms with Crippen LogP contribution in [0.4, 0.5) is 0 Å². The number of aromatic nitrogens is 2. The molecule has 3 nitrogen and oxygen atoms in total. The van der Waals surface area contributed by atoms with Crippen molar-refractivity contribution < 1.29 is 0 Å². The third-order valence-electron chi connectivity index (χ3n) is 1.87. The molecule has 0 aliphatic heterocycles. The van der Waals surface area contributed by atoms with Crippen LogP contribution in [0.3, 0.4) is 0 Å². The third kappa shape index (κ3) is 3.27. The normalized spacial score (nSPS) is 12.3. The van der Waals surface area contributed by atoms with Gasteiger partial charge in [-0.15, -0.1) is 0 Å². The Kier molecular flexibility index (Phi) is 6.18. The largest absolute Gasteiger partial charge is 0.326 e. The Morgan fingerprint density at radius 1 is 1.47 bits per heavy atom. The first-order chi connectivity index (χ1) is 7.20. The van der Waals surface area contributed by atoms with Gasteiger partial charge in [-0.3, -0.25) is 4.57 Å². The van der Waals surface area contributed by atoms with Gasteiger partial charge < -0.3 is 4.98 Å². The van der Waals surface area contributed by atoms with Gasteiger partial charge in [0.15, 0.2) is 0 Å². The zero-order valence-corrected chi connectivity index (χ0v) is 10.0. The molecule has 0 radical (unpaired) electrons. The molecule has 84 valence electrons. The Labute approximate surface area is 90.5 Å². The fraction of sp³-hybridized carbons (Fsp3) is 0.417. The second-order valence-electron chi connectivity index (χ2n) is 2.80. The minimum atomic E-state index is -0.0900. The van der Waals surface area contributed by atoms with Crippen LogP contribution in [0.25, 0.3) is 12.2 Å². The molecule has 1 heterocycles. The van der Waals surface area contributed by atoms with Gasteiger partial charge >= 0.3 is 5.69 Å². The molecule has 0 spiro atoms. The predicted molar refractivity (Wildman–Crippen MR) is 66.0 cm³/mol. The van der Waals surface area contributed by atoms with Crippen LogP contribution >= 0.6 is 0 Å². The van der Waals surface area contributed by atoms with Crippen LogP contribution < -0.4 is 16.4 Å². The second-order valence-corrected chi connectivity index (χ2v) is 2.80. The quantitative estimate of drug-likeness (QED) is 0.770. The number of hydrogen-bond donors (Lipinski definition) is 1. The lowest BCUT2D eigenvalue weighted by atomic mass is 10.4. The minimum Gasteiger partial charge on any atom is -0.306 e. The molecular weight excluding hydrogens is 188 g/mol. The van der Waals surface area contributed by atoms with Crippen molar-refractivity contribution in [3.05, 3.63) is 33.8 Å². The number of rotatable bonds is 2. The van der Waals surface area contributed by atoms with E-state index >= 15 is 0 Å². The average molecular weight is 208 g/mol. The summed E-state index contributed by atoms with van der Waals surface area (Å²) in [6.45, 7) is 9.64. The molecule has 0 bridgehead atoms. The molecule has 1 N–H and O–H groups in total. The zero-order chi connectivity index (χ0) is 11.8. The average Bonchev–Trinajstić information content (AvgIpc) is 2.50. The Bertz CT molecular complexity index is 463. The molecule has 1 aromatic rings. The van der Waals surface area contributed by atoms with Gasteiger partial charge in [-0.2, -0.15) is 0 Å². The van der Waals surface area contributed by atoms with Gasteiger partial charge in [0.2, 0.25) is 0 Å². The van der Waals surface area contributed by atoms with Crippen molar-refractivity contribution in [2.24, 2.45) is 7.05 Å². The Morgan fingerprint density at radius 3 is 2.53 bits per heavy atom. The maximum Gasteiger partial charge on any atom is 0.326 e. The Hall–Kier alpha value is -1.51. The van der Waals surface area contributed by atoms with Gasteiger partial charge in [0.1, 0.15) is 0 Å². The van der Waals surface area contributed by atoms with E-state index < -0.39 is 0 Å². The van der Waals surface area contributed by atoms with Gasteiger partial charge in [0.05, 0.1) is 10.7 Å². The van der Waals surface area contributed by atoms with Gasteiger partial charge in [0.25, 0.3) is 0 Å². The smallest absolute Gasteiger partial charge is 0.306 e. The van der Waals surface area contributed by atoms with Crippen molar-refractivity contribution in [2.75, 3.05) is 0 Å². The standard InChI is InChI=1S/C10H14N2O.C2H6/c1-4-6-8-9(7-5-2)12(3)10(13)11-8;1-2/h5-7H,2,4H2,1,3H3,(H,11,13);1-2H3/b8-6+,9-7+;. The van der Waals surface area contributed by atoms with Gasteiger partial charge in [-0.1, -0.05) is 39.5 Å². The van der Waals surface area contributed by atoms with Crippen molar-refractivity contribution in [3.63, 3.8) is 0 Å². The summed E-state index contributed by atoms with van der Waals surface area (Å²) in [5, 5.41) is 1.75. The van der Waals surface area contributed by atoms with Gasteiger partial charge in [0, 0.05) is 7.05 Å². The molecule has 0 aliphatic carbocycles. The highest BCUT2D eigenvalue weighted by Crippen LogP contribution is 1.71. The molecule has 0 aromatic carbocycles. The first-order valence-corrected chi connectivity index (χ1v) is 5.28. The first-order valence-electron chi connectivity index (χ1n) is 5.28. The maximum absolute atomic E-state index is 11.2. The maximum atomic E-state index is 11.2. The minimum absolute atomic E-state index is 0.0900. The van der Waals surface area contributed by atoms with Crippen LogP contribution in [-0.4, -0.2) is 9.55 Å². The molecule has 0 fully saturated rings. The highest BCUT2D eigenvalue weighted by atomic mass is 16.1. The summed E-state index contributed by atoms with van der Waals surface area (Å²) in [5.41, 5.74) is -0.0900. The fourth-order valence-corrected chi connectivity index (χ4v) is 1.23. The van der Waals surface area contributed by atoms with E-state index in [2.05, 4.69) is 11.6 Å². The van der Waals surface area contributed by atoms with Crippen LogP contribution in [0.15, 0.2) is 17.4 Å². The number of allylic oxidation sites excluding steroid dienone is 1. The van der Waals surface area contributed by atoms with Crippen molar-refractivity contribution in [3.8, 4) is 0 Å². The summed E-state index contributed by atoms with van der Waals surface area (Å²) in [5.74, 6) is 0. The molecule has 0 aliphatic rings. The summed E-state index contributed by atoms with van der Waals surface area (Å²) in [7, 11) is 1.74. The molecular formula is C12H20N2O. The molecule has 0 atom stereocenters. The number of hydrogen-bond acceptors (Lipinski definition) is 1. The summed E-state index contributed by atoms with van der Waals surface area (Å²) in [4.78, 5) is 14.0. The van der Waals surface area contributed by atoms with Gasteiger partial charge in [-0.05, 0) is 12.5 Å². The molecule has 1 aromatic heterocycles. The number of imidazole rings is 1. The van der Waals surface area contributed by atoms with E-state index in [4.69, 9.17) is 0 Å². The molecule has 0 saturated heterocycles. The fourth-order valence-electron chi connectivity index (χ4n) is 1.23. The van der Waals surface area contributed by atoms with Crippen LogP contribution in [0.2, 0.25) is 0 Å². The summed E-state index contributed by atoms with van der Waals surface area (Å²) < 4.78 is 1.57. The van der Waals surface area contributed by atoms with Crippen LogP contribution in [0.5, 0.6) is 0 Å². The number of aromatic amines is 1. The lowest BCUT2D eigenvalue weighted by molar-refractivity contribution is 0.836. The number of nitrogens with zero attached hydrogens (tertiary/aromatic N) is 1. The van der Waals surface area contributed by atoms with E-state index in [1.54, 1.807) is 17.7 Å². The Balaban J connectivity index is 0.000000921. The van der Waals surface area contributed by atoms with Crippen LogP contribution in [0, 0.1) is 0 Å². The summed E-state index contributed by atoms with van der Waals surface area (Å²) in [6, 6.07) is 0. The SMILES string of the molecule is C=C/C=c1\c(=C/CC)[nH]c(=O)n1C.CC. The second kappa shape index (κ2) is 6.87. The van der Waals surface area contributed by atoms with Crippen molar-refractivity contribution in [2.45, 2.75) is 27.2 Å². The molecule has 3 heteroatoms. The topological polar surface area (TPSA) is 37.8 Å². The number of H-pyrrole nitrogens is 1. The van der Waals surface area contributed by atoms with E-state index in [1.807, 2.05) is 32.9 Å². The number of nitrogens with one attached hydrogen (secondary N) is 1. The molecule has 0 unspecified atom stereocenters. The molecule has 0 saturated carbocycles. The Morgan fingerprint density at radius 2 is 2.07 bits per heavy atom. The van der Waals surface area contributed by atoms with E-state index in [0.717, 1.165) is 17.1 Å². The predicted octanol–water partition coefficient (Wildman–Crippen LogP) is 0.897. The van der Waals surface area contributed by atoms with Gasteiger partial charge in [-0.25, -0.2) is 4.79 Å². The van der Waals surface area contributed by atoms with E-state index in [1.165, 1.54) is 0 Å². The van der Waals surface area contributed by atoms with Crippen LogP contribution in [-0.2, 0) is 7.05 Å². The van der Waals surface area contributed by atoms with Crippen LogP contribution in [0.1, 0.15) is 27.2 Å². The van der Waals surface area contributed by atoms with E-state index in [9.17, 15) is 4.79 Å². The van der Waals surface area contributed by atoms with Crippen molar-refractivity contribution in [1.29, 1.82) is 0 Å². The van der Waals surface area contributed by atoms with Crippen molar-refractivity contribution >= 4 is 12.2 Å². The zero-order valence-electron chi connectivity index (χ0n) is 10.0. The van der Waals surface area contributed by atoms with E-state index in [0.29, 0.717) is 0 Å². The summed E-state index contributed by atoms with van der Waals surface area (Å²) in [6.07, 6.45) is 6.38. The first kappa shape index (κ1) is 13.5. The summed E-state index contributed by atoms with van der Waals surface area (Å²) >= 11 is 0. The highest BCUT2D eigenvalue weighted by Gasteiger charge is 1.94. The lowest BCUT2D eigenvalue weighted by Crippen LogP contribution is -2.29. The van der Waals surface area contributed by atoms with E-state index in [-0.39, 0.29) is 5.69 Å². The molecule has 1 rings (SSSR count). The lowest BCUT2D eigenvalue weighted by Gasteiger charge is -1.85.